The van der Waals surface area contributed by atoms with Crippen molar-refractivity contribution in [1.29, 1.82) is 0 Å². The SMILES string of the molecule is COc1cc(NC(=O)c2ccccc2Cl)c(C(=O)OCC(=O)NC(C)C(C)C)cc1OC. The predicted molar refractivity (Wildman–Crippen MR) is 122 cm³/mol. The number of nitrogens with one attached hydrogen (secondary N) is 2. The van der Waals surface area contributed by atoms with Gasteiger partial charge in [-0.25, -0.2) is 4.79 Å². The Morgan fingerprint density at radius 1 is 0.969 bits per heavy atom. The molecule has 2 aromatic rings. The molecule has 2 aromatic carbocycles. The number of carbonyl (C=O) groups excluding carboxylic acids is 3. The summed E-state index contributed by atoms with van der Waals surface area (Å²) in [5.41, 5.74) is 0.339. The van der Waals surface area contributed by atoms with Crippen molar-refractivity contribution in [3.63, 3.8) is 0 Å². The van der Waals surface area contributed by atoms with Gasteiger partial charge < -0.3 is 24.8 Å². The van der Waals surface area contributed by atoms with Gasteiger partial charge in [0, 0.05) is 18.2 Å². The fourth-order valence-electron chi connectivity index (χ4n) is 2.66. The Morgan fingerprint density at radius 2 is 1.59 bits per heavy atom. The van der Waals surface area contributed by atoms with E-state index in [-0.39, 0.29) is 39.5 Å². The second-order valence-corrected chi connectivity index (χ2v) is 7.77. The van der Waals surface area contributed by atoms with Gasteiger partial charge in [0.2, 0.25) is 0 Å². The molecule has 172 valence electrons. The average Bonchev–Trinajstić information content (AvgIpc) is 2.77. The van der Waals surface area contributed by atoms with Crippen LogP contribution in [0, 0.1) is 5.92 Å². The molecule has 1 atom stereocenters. The lowest BCUT2D eigenvalue weighted by atomic mass is 10.1. The number of halogens is 1. The maximum Gasteiger partial charge on any atom is 0.340 e. The van der Waals surface area contributed by atoms with Crippen LogP contribution in [0.3, 0.4) is 0 Å². The predicted octanol–water partition coefficient (Wildman–Crippen LogP) is 3.93. The summed E-state index contributed by atoms with van der Waals surface area (Å²) in [5, 5.41) is 5.66. The van der Waals surface area contributed by atoms with E-state index in [2.05, 4.69) is 10.6 Å². The largest absolute Gasteiger partial charge is 0.493 e. The van der Waals surface area contributed by atoms with Crippen molar-refractivity contribution < 1.29 is 28.6 Å². The van der Waals surface area contributed by atoms with Gasteiger partial charge in [-0.2, -0.15) is 0 Å². The van der Waals surface area contributed by atoms with Crippen molar-refractivity contribution in [3.8, 4) is 11.5 Å². The first kappa shape index (κ1) is 25.0. The Hall–Kier alpha value is -3.26. The molecule has 0 radical (unpaired) electrons. The van der Waals surface area contributed by atoms with Crippen LogP contribution >= 0.6 is 11.6 Å². The lowest BCUT2D eigenvalue weighted by Gasteiger charge is -2.18. The summed E-state index contributed by atoms with van der Waals surface area (Å²) in [5.74, 6) is -0.989. The number of benzene rings is 2. The monoisotopic (exact) mass is 462 g/mol. The molecule has 0 heterocycles. The van der Waals surface area contributed by atoms with Crippen molar-refractivity contribution in [1.82, 2.24) is 5.32 Å². The van der Waals surface area contributed by atoms with Gasteiger partial charge in [0.05, 0.1) is 36.1 Å². The molecule has 0 aliphatic heterocycles. The number of hydrogen-bond acceptors (Lipinski definition) is 6. The number of ether oxygens (including phenoxy) is 3. The van der Waals surface area contributed by atoms with Crippen LogP contribution in [0.5, 0.6) is 11.5 Å². The third-order valence-corrected chi connectivity index (χ3v) is 5.16. The minimum atomic E-state index is -0.812. The molecule has 0 fully saturated rings. The number of hydrogen-bond donors (Lipinski definition) is 2. The molecule has 2 N–H and O–H groups in total. The Kier molecular flexibility index (Phi) is 8.90. The van der Waals surface area contributed by atoms with Crippen LogP contribution in [0.25, 0.3) is 0 Å². The molecule has 2 amide bonds. The Morgan fingerprint density at radius 3 is 2.19 bits per heavy atom. The quantitative estimate of drug-likeness (QED) is 0.547. The molecule has 0 aliphatic carbocycles. The zero-order chi connectivity index (χ0) is 23.8. The van der Waals surface area contributed by atoms with Crippen molar-refractivity contribution >= 4 is 35.1 Å². The second-order valence-electron chi connectivity index (χ2n) is 7.36. The van der Waals surface area contributed by atoms with Gasteiger partial charge in [0.1, 0.15) is 0 Å². The summed E-state index contributed by atoms with van der Waals surface area (Å²) in [6.07, 6.45) is 0. The summed E-state index contributed by atoms with van der Waals surface area (Å²) in [6, 6.07) is 9.23. The molecule has 0 bridgehead atoms. The average molecular weight is 463 g/mol. The highest BCUT2D eigenvalue weighted by molar-refractivity contribution is 6.34. The number of amides is 2. The summed E-state index contributed by atoms with van der Waals surface area (Å²) >= 11 is 6.10. The lowest BCUT2D eigenvalue weighted by Crippen LogP contribution is -2.38. The van der Waals surface area contributed by atoms with Gasteiger partial charge in [-0.3, -0.25) is 9.59 Å². The van der Waals surface area contributed by atoms with Gasteiger partial charge >= 0.3 is 5.97 Å². The van der Waals surface area contributed by atoms with E-state index in [1.54, 1.807) is 24.3 Å². The van der Waals surface area contributed by atoms with Crippen LogP contribution in [0.2, 0.25) is 5.02 Å². The van der Waals surface area contributed by atoms with Gasteiger partial charge in [0.25, 0.3) is 11.8 Å². The van der Waals surface area contributed by atoms with E-state index in [4.69, 9.17) is 25.8 Å². The van der Waals surface area contributed by atoms with Crippen molar-refractivity contribution in [2.45, 2.75) is 26.8 Å². The first-order chi connectivity index (χ1) is 15.2. The summed E-state index contributed by atoms with van der Waals surface area (Å²) in [6.45, 7) is 5.33. The smallest absolute Gasteiger partial charge is 0.340 e. The topological polar surface area (TPSA) is 103 Å². The fourth-order valence-corrected chi connectivity index (χ4v) is 2.88. The van der Waals surface area contributed by atoms with E-state index in [1.807, 2.05) is 20.8 Å². The van der Waals surface area contributed by atoms with Crippen LogP contribution < -0.4 is 20.1 Å². The molecule has 0 aliphatic rings. The van der Waals surface area contributed by atoms with E-state index in [1.165, 1.54) is 26.4 Å². The van der Waals surface area contributed by atoms with E-state index < -0.39 is 24.4 Å². The van der Waals surface area contributed by atoms with Gasteiger partial charge in [-0.1, -0.05) is 37.6 Å². The molecule has 0 aromatic heterocycles. The molecular weight excluding hydrogens is 436 g/mol. The molecule has 9 heteroatoms. The van der Waals surface area contributed by atoms with E-state index in [9.17, 15) is 14.4 Å². The van der Waals surface area contributed by atoms with Crippen LogP contribution in [-0.4, -0.2) is 44.7 Å². The Bertz CT molecular complexity index is 992. The third kappa shape index (κ3) is 6.37. The van der Waals surface area contributed by atoms with Gasteiger partial charge in [-0.05, 0) is 25.0 Å². The van der Waals surface area contributed by atoms with Crippen LogP contribution in [-0.2, 0) is 9.53 Å². The minimum absolute atomic E-state index is 0.00670. The molecule has 1 unspecified atom stereocenters. The maximum atomic E-state index is 12.8. The highest BCUT2D eigenvalue weighted by Crippen LogP contribution is 2.34. The minimum Gasteiger partial charge on any atom is -0.493 e. The van der Waals surface area contributed by atoms with E-state index in [0.29, 0.717) is 5.75 Å². The molecule has 2 rings (SSSR count). The van der Waals surface area contributed by atoms with E-state index >= 15 is 0 Å². The molecule has 0 saturated heterocycles. The molecule has 0 saturated carbocycles. The van der Waals surface area contributed by atoms with Crippen LogP contribution in [0.1, 0.15) is 41.5 Å². The molecule has 0 spiro atoms. The summed E-state index contributed by atoms with van der Waals surface area (Å²) < 4.78 is 15.7. The standard InChI is InChI=1S/C23H27ClN2O6/c1-13(2)14(3)25-21(27)12-32-23(29)16-10-19(30-4)20(31-5)11-18(16)26-22(28)15-8-6-7-9-17(15)24/h6-11,13-14H,12H2,1-5H3,(H,25,27)(H,26,28). The summed E-state index contributed by atoms with van der Waals surface area (Å²) in [7, 11) is 2.84. The van der Waals surface area contributed by atoms with Crippen molar-refractivity contribution in [2.24, 2.45) is 5.92 Å². The first-order valence-electron chi connectivity index (χ1n) is 9.96. The number of rotatable bonds is 9. The third-order valence-electron chi connectivity index (χ3n) is 4.83. The number of carbonyl (C=O) groups is 3. The van der Waals surface area contributed by atoms with Crippen LogP contribution in [0.4, 0.5) is 5.69 Å². The van der Waals surface area contributed by atoms with Gasteiger partial charge in [-0.15, -0.1) is 0 Å². The van der Waals surface area contributed by atoms with Crippen LogP contribution in [0.15, 0.2) is 36.4 Å². The van der Waals surface area contributed by atoms with Crippen molar-refractivity contribution in [3.05, 3.63) is 52.5 Å². The van der Waals surface area contributed by atoms with Crippen molar-refractivity contribution in [2.75, 3.05) is 26.1 Å². The number of methoxy groups -OCH3 is 2. The number of esters is 1. The normalized spacial score (nSPS) is 11.5. The maximum absolute atomic E-state index is 12.8. The number of anilines is 1. The van der Waals surface area contributed by atoms with E-state index in [0.717, 1.165) is 0 Å². The summed E-state index contributed by atoms with van der Waals surface area (Å²) in [4.78, 5) is 37.6. The Balaban J connectivity index is 2.28. The fraction of sp³-hybridized carbons (Fsp3) is 0.348. The zero-order valence-corrected chi connectivity index (χ0v) is 19.4. The highest BCUT2D eigenvalue weighted by Gasteiger charge is 2.22. The van der Waals surface area contributed by atoms with Gasteiger partial charge in [0.15, 0.2) is 18.1 Å². The Labute approximate surface area is 192 Å². The first-order valence-corrected chi connectivity index (χ1v) is 10.3. The molecule has 8 nitrogen and oxygen atoms in total. The molecule has 32 heavy (non-hydrogen) atoms. The lowest BCUT2D eigenvalue weighted by molar-refractivity contribution is -0.125. The second kappa shape index (κ2) is 11.4. The zero-order valence-electron chi connectivity index (χ0n) is 18.7. The highest BCUT2D eigenvalue weighted by atomic mass is 35.5. The molecular formula is C23H27ClN2O6.